The summed E-state index contributed by atoms with van der Waals surface area (Å²) < 4.78 is 38.7. The second-order valence-electron chi connectivity index (χ2n) is 6.35. The summed E-state index contributed by atoms with van der Waals surface area (Å²) >= 11 is 0. The first-order valence-electron chi connectivity index (χ1n) is 7.65. The van der Waals surface area contributed by atoms with Crippen LogP contribution in [0.2, 0.25) is 0 Å². The minimum Gasteiger partial charge on any atom is -0.392 e. The van der Waals surface area contributed by atoms with Crippen LogP contribution in [0.1, 0.15) is 49.3 Å². The Morgan fingerprint density at radius 2 is 2.05 bits per heavy atom. The third-order valence-electron chi connectivity index (χ3n) is 5.07. The summed E-state index contributed by atoms with van der Waals surface area (Å²) in [6, 6.07) is 3.86. The Hall–Kier alpha value is -1.10. The van der Waals surface area contributed by atoms with Crippen LogP contribution in [0.4, 0.5) is 13.2 Å². The van der Waals surface area contributed by atoms with Crippen LogP contribution in [0.15, 0.2) is 18.3 Å². The van der Waals surface area contributed by atoms with Gasteiger partial charge in [0.1, 0.15) is 0 Å². The van der Waals surface area contributed by atoms with Crippen LogP contribution in [-0.4, -0.2) is 22.4 Å². The van der Waals surface area contributed by atoms with E-state index in [2.05, 4.69) is 4.98 Å². The van der Waals surface area contributed by atoms with Gasteiger partial charge in [-0.05, 0) is 49.7 Å². The number of alkyl halides is 3. The first-order valence-corrected chi connectivity index (χ1v) is 7.65. The van der Waals surface area contributed by atoms with Crippen molar-refractivity contribution in [3.8, 4) is 0 Å². The average Bonchev–Trinajstić information content (AvgIpc) is 2.90. The van der Waals surface area contributed by atoms with Crippen LogP contribution in [0.5, 0.6) is 0 Å². The SMILES string of the molecule is OC(C1CCCC(C(F)(F)F)C1)C1CCc2cccnc21. The molecule has 0 spiro atoms. The van der Waals surface area contributed by atoms with Crippen molar-refractivity contribution in [1.82, 2.24) is 4.98 Å². The van der Waals surface area contributed by atoms with Gasteiger partial charge in [0.2, 0.25) is 0 Å². The number of hydrogen-bond donors (Lipinski definition) is 1. The van der Waals surface area contributed by atoms with E-state index < -0.39 is 18.2 Å². The van der Waals surface area contributed by atoms with Crippen molar-refractivity contribution in [1.29, 1.82) is 0 Å². The fourth-order valence-corrected chi connectivity index (χ4v) is 3.94. The summed E-state index contributed by atoms with van der Waals surface area (Å²) in [5.74, 6) is -1.61. The largest absolute Gasteiger partial charge is 0.392 e. The maximum atomic E-state index is 12.9. The number of hydrogen-bond acceptors (Lipinski definition) is 2. The van der Waals surface area contributed by atoms with Crippen molar-refractivity contribution in [2.75, 3.05) is 0 Å². The van der Waals surface area contributed by atoms with E-state index in [4.69, 9.17) is 0 Å². The second kappa shape index (κ2) is 5.59. The molecule has 0 bridgehead atoms. The quantitative estimate of drug-likeness (QED) is 0.900. The van der Waals surface area contributed by atoms with E-state index in [1.807, 2.05) is 12.1 Å². The molecule has 0 aromatic carbocycles. The smallest absolute Gasteiger partial charge is 0.391 e. The highest BCUT2D eigenvalue weighted by atomic mass is 19.4. The lowest BCUT2D eigenvalue weighted by Crippen LogP contribution is -2.36. The van der Waals surface area contributed by atoms with Crippen LogP contribution < -0.4 is 0 Å². The minimum atomic E-state index is -4.13. The molecule has 3 rings (SSSR count). The Bertz CT molecular complexity index is 503. The van der Waals surface area contributed by atoms with Gasteiger partial charge < -0.3 is 5.11 Å². The Balaban J connectivity index is 1.73. The van der Waals surface area contributed by atoms with Gasteiger partial charge in [-0.2, -0.15) is 13.2 Å². The predicted octanol–water partition coefficient (Wildman–Crippen LogP) is 3.84. The molecule has 0 saturated heterocycles. The Morgan fingerprint density at radius 3 is 2.81 bits per heavy atom. The van der Waals surface area contributed by atoms with Gasteiger partial charge in [-0.1, -0.05) is 12.5 Å². The zero-order valence-corrected chi connectivity index (χ0v) is 11.8. The number of aliphatic hydroxyl groups excluding tert-OH is 1. The van der Waals surface area contributed by atoms with Crippen LogP contribution in [0.3, 0.4) is 0 Å². The van der Waals surface area contributed by atoms with Gasteiger partial charge in [0, 0.05) is 17.8 Å². The Morgan fingerprint density at radius 1 is 1.24 bits per heavy atom. The molecule has 1 aromatic rings. The molecule has 0 aliphatic heterocycles. The van der Waals surface area contributed by atoms with Gasteiger partial charge >= 0.3 is 6.18 Å². The molecule has 0 radical (unpaired) electrons. The lowest BCUT2D eigenvalue weighted by Gasteiger charge is -2.35. The van der Waals surface area contributed by atoms with Crippen molar-refractivity contribution in [2.24, 2.45) is 11.8 Å². The molecule has 2 aliphatic rings. The number of aromatic nitrogens is 1. The molecule has 5 heteroatoms. The Kier molecular flexibility index (Phi) is 3.95. The fraction of sp³-hybridized carbons (Fsp3) is 0.688. The highest BCUT2D eigenvalue weighted by molar-refractivity contribution is 5.29. The van der Waals surface area contributed by atoms with E-state index in [9.17, 15) is 18.3 Å². The van der Waals surface area contributed by atoms with Crippen molar-refractivity contribution in [3.05, 3.63) is 29.6 Å². The van der Waals surface area contributed by atoms with E-state index in [-0.39, 0.29) is 24.7 Å². The molecule has 1 N–H and O–H groups in total. The van der Waals surface area contributed by atoms with Gasteiger partial charge in [0.15, 0.2) is 0 Å². The van der Waals surface area contributed by atoms with E-state index in [0.717, 1.165) is 24.1 Å². The van der Waals surface area contributed by atoms with E-state index in [1.165, 1.54) is 0 Å². The summed E-state index contributed by atoms with van der Waals surface area (Å²) in [5, 5.41) is 10.6. The summed E-state index contributed by atoms with van der Waals surface area (Å²) in [6.45, 7) is 0. The lowest BCUT2D eigenvalue weighted by molar-refractivity contribution is -0.189. The van der Waals surface area contributed by atoms with E-state index in [1.54, 1.807) is 6.20 Å². The number of rotatable bonds is 2. The molecule has 4 unspecified atom stereocenters. The van der Waals surface area contributed by atoms with Crippen LogP contribution in [-0.2, 0) is 6.42 Å². The maximum absolute atomic E-state index is 12.9. The summed E-state index contributed by atoms with van der Waals surface area (Å²) in [6.07, 6.45) is 0.00997. The van der Waals surface area contributed by atoms with Crippen molar-refractivity contribution < 1.29 is 18.3 Å². The number of nitrogens with zero attached hydrogens (tertiary/aromatic N) is 1. The summed E-state index contributed by atoms with van der Waals surface area (Å²) in [4.78, 5) is 4.34. The van der Waals surface area contributed by atoms with E-state index >= 15 is 0 Å². The molecule has 1 aromatic heterocycles. The normalized spacial score (nSPS) is 31.0. The van der Waals surface area contributed by atoms with Gasteiger partial charge in [0.25, 0.3) is 0 Å². The molecule has 116 valence electrons. The zero-order chi connectivity index (χ0) is 15.0. The van der Waals surface area contributed by atoms with Crippen molar-refractivity contribution >= 4 is 0 Å². The molecule has 4 atom stereocenters. The minimum absolute atomic E-state index is 0.0589. The highest BCUT2D eigenvalue weighted by Crippen LogP contribution is 2.45. The maximum Gasteiger partial charge on any atom is 0.391 e. The fourth-order valence-electron chi connectivity index (χ4n) is 3.94. The van der Waals surface area contributed by atoms with Crippen LogP contribution >= 0.6 is 0 Å². The number of halogens is 3. The number of aryl methyl sites for hydroxylation is 1. The molecule has 2 nitrogen and oxygen atoms in total. The second-order valence-corrected chi connectivity index (χ2v) is 6.35. The predicted molar refractivity (Wildman–Crippen MR) is 72.8 cm³/mol. The summed E-state index contributed by atoms with van der Waals surface area (Å²) in [5.41, 5.74) is 2.02. The van der Waals surface area contributed by atoms with Crippen molar-refractivity contribution in [2.45, 2.75) is 56.7 Å². The topological polar surface area (TPSA) is 33.1 Å². The highest BCUT2D eigenvalue weighted by Gasteiger charge is 2.45. The molecular weight excluding hydrogens is 279 g/mol. The lowest BCUT2D eigenvalue weighted by atomic mass is 9.75. The molecule has 1 saturated carbocycles. The van der Waals surface area contributed by atoms with Crippen LogP contribution in [0, 0.1) is 11.8 Å². The number of aliphatic hydroxyl groups is 1. The molecule has 21 heavy (non-hydrogen) atoms. The molecule has 2 aliphatic carbocycles. The van der Waals surface area contributed by atoms with Crippen molar-refractivity contribution in [3.63, 3.8) is 0 Å². The monoisotopic (exact) mass is 299 g/mol. The molecule has 1 heterocycles. The first-order chi connectivity index (χ1) is 9.97. The molecule has 0 amide bonds. The molecule has 1 fully saturated rings. The standard InChI is InChI=1S/C16H20F3NO/c17-16(18,19)12-5-1-3-11(9-12)15(21)13-7-6-10-4-2-8-20-14(10)13/h2,4,8,11-13,15,21H,1,3,5-7,9H2. The van der Waals surface area contributed by atoms with Gasteiger partial charge in [-0.25, -0.2) is 0 Å². The van der Waals surface area contributed by atoms with E-state index in [0.29, 0.717) is 12.8 Å². The molecular formula is C16H20F3NO. The average molecular weight is 299 g/mol. The third kappa shape index (κ3) is 2.93. The summed E-state index contributed by atoms with van der Waals surface area (Å²) in [7, 11) is 0. The number of pyridine rings is 1. The number of fused-ring (bicyclic) bond motifs is 1. The van der Waals surface area contributed by atoms with Gasteiger partial charge in [-0.3, -0.25) is 4.98 Å². The van der Waals surface area contributed by atoms with Crippen LogP contribution in [0.25, 0.3) is 0 Å². The third-order valence-corrected chi connectivity index (χ3v) is 5.07. The first kappa shape index (κ1) is 14.8. The van der Waals surface area contributed by atoms with Gasteiger partial charge in [-0.15, -0.1) is 0 Å². The van der Waals surface area contributed by atoms with Gasteiger partial charge in [0.05, 0.1) is 12.0 Å². The zero-order valence-electron chi connectivity index (χ0n) is 11.8. The Labute approximate surface area is 122 Å².